The van der Waals surface area contributed by atoms with Gasteiger partial charge in [0, 0.05) is 19.6 Å². The molecule has 1 aliphatic carbocycles. The van der Waals surface area contributed by atoms with Crippen LogP contribution in [0.2, 0.25) is 0 Å². The van der Waals surface area contributed by atoms with Crippen LogP contribution in [0.4, 0.5) is 4.79 Å². The van der Waals surface area contributed by atoms with Gasteiger partial charge in [0.15, 0.2) is 0 Å². The monoisotopic (exact) mass is 268 g/mol. The topological polar surface area (TPSA) is 69.6 Å². The Morgan fingerprint density at radius 1 is 1.26 bits per heavy atom. The number of aliphatic carboxylic acids is 1. The largest absolute Gasteiger partial charge is 0.481 e. The summed E-state index contributed by atoms with van der Waals surface area (Å²) in [6, 6.07) is -0.0286. The van der Waals surface area contributed by atoms with E-state index in [-0.39, 0.29) is 17.9 Å². The molecule has 0 aromatic carbocycles. The maximum atomic E-state index is 12.0. The van der Waals surface area contributed by atoms with Crippen LogP contribution in [0.15, 0.2) is 0 Å². The summed E-state index contributed by atoms with van der Waals surface area (Å²) in [5.74, 6) is -0.331. The quantitative estimate of drug-likeness (QED) is 0.821. The lowest BCUT2D eigenvalue weighted by Gasteiger charge is -2.29. The van der Waals surface area contributed by atoms with Crippen LogP contribution in [0, 0.1) is 17.8 Å². The first-order valence-electron chi connectivity index (χ1n) is 7.33. The molecule has 2 rings (SSSR count). The molecule has 2 fully saturated rings. The van der Waals surface area contributed by atoms with Crippen molar-refractivity contribution in [3.63, 3.8) is 0 Å². The Morgan fingerprint density at radius 2 is 2.00 bits per heavy atom. The minimum atomic E-state index is -0.714. The molecule has 1 heterocycles. The molecule has 5 nitrogen and oxygen atoms in total. The Bertz CT molecular complexity index is 346. The molecule has 2 aliphatic rings. The van der Waals surface area contributed by atoms with E-state index in [0.717, 1.165) is 45.2 Å². The van der Waals surface area contributed by atoms with Crippen molar-refractivity contribution < 1.29 is 14.7 Å². The Kier molecular flexibility index (Phi) is 4.66. The van der Waals surface area contributed by atoms with Gasteiger partial charge in [-0.25, -0.2) is 4.79 Å². The van der Waals surface area contributed by atoms with Gasteiger partial charge in [-0.1, -0.05) is 19.8 Å². The van der Waals surface area contributed by atoms with Crippen molar-refractivity contribution in [2.24, 2.45) is 17.8 Å². The average Bonchev–Trinajstić information content (AvgIpc) is 2.83. The standard InChI is InChI=1S/C14H24N2O3/c1-10-6-7-16(9-10)14(19)15-8-11-4-2-3-5-12(11)13(17)18/h10-12H,2-9H2,1H3,(H,15,19)(H,17,18). The van der Waals surface area contributed by atoms with E-state index in [1.165, 1.54) is 0 Å². The van der Waals surface area contributed by atoms with Gasteiger partial charge in [0.1, 0.15) is 0 Å². The van der Waals surface area contributed by atoms with E-state index in [1.54, 1.807) is 0 Å². The van der Waals surface area contributed by atoms with Crippen LogP contribution >= 0.6 is 0 Å². The number of nitrogens with zero attached hydrogens (tertiary/aromatic N) is 1. The third kappa shape index (κ3) is 3.61. The molecule has 1 saturated carbocycles. The van der Waals surface area contributed by atoms with Crippen LogP contribution in [0.3, 0.4) is 0 Å². The summed E-state index contributed by atoms with van der Waals surface area (Å²) in [5, 5.41) is 12.1. The number of carbonyl (C=O) groups excluding carboxylic acids is 1. The normalized spacial score (nSPS) is 31.2. The predicted octanol–water partition coefficient (Wildman–Crippen LogP) is 1.93. The minimum absolute atomic E-state index is 0.0286. The highest BCUT2D eigenvalue weighted by atomic mass is 16.4. The lowest BCUT2D eigenvalue weighted by atomic mass is 9.79. The number of nitrogens with one attached hydrogen (secondary N) is 1. The second-order valence-electron chi connectivity index (χ2n) is 6.02. The summed E-state index contributed by atoms with van der Waals surface area (Å²) in [7, 11) is 0. The molecule has 3 unspecified atom stereocenters. The number of rotatable bonds is 3. The maximum Gasteiger partial charge on any atom is 0.317 e. The van der Waals surface area contributed by atoms with Crippen LogP contribution in [-0.2, 0) is 4.79 Å². The third-order valence-electron chi connectivity index (χ3n) is 4.45. The SMILES string of the molecule is CC1CCN(C(=O)NCC2CCCCC2C(=O)O)C1. The van der Waals surface area contributed by atoms with Crippen molar-refractivity contribution in [3.8, 4) is 0 Å². The van der Waals surface area contributed by atoms with Crippen LogP contribution in [0.1, 0.15) is 39.0 Å². The third-order valence-corrected chi connectivity index (χ3v) is 4.45. The van der Waals surface area contributed by atoms with Crippen molar-refractivity contribution in [1.29, 1.82) is 0 Å². The molecule has 2 amide bonds. The smallest absolute Gasteiger partial charge is 0.317 e. The highest BCUT2D eigenvalue weighted by Gasteiger charge is 2.31. The van der Waals surface area contributed by atoms with Crippen molar-refractivity contribution in [2.75, 3.05) is 19.6 Å². The lowest BCUT2D eigenvalue weighted by Crippen LogP contribution is -2.43. The number of hydrogen-bond donors (Lipinski definition) is 2. The molecule has 5 heteroatoms. The fraction of sp³-hybridized carbons (Fsp3) is 0.857. The highest BCUT2D eigenvalue weighted by Crippen LogP contribution is 2.29. The van der Waals surface area contributed by atoms with Gasteiger partial charge >= 0.3 is 12.0 Å². The highest BCUT2D eigenvalue weighted by molar-refractivity contribution is 5.75. The number of urea groups is 1. The Balaban J connectivity index is 1.80. The zero-order chi connectivity index (χ0) is 13.8. The molecule has 1 saturated heterocycles. The summed E-state index contributed by atoms with van der Waals surface area (Å²) >= 11 is 0. The fourth-order valence-corrected chi connectivity index (χ4v) is 3.23. The van der Waals surface area contributed by atoms with E-state index in [0.29, 0.717) is 12.5 Å². The number of carboxylic acids is 1. The second-order valence-corrected chi connectivity index (χ2v) is 6.02. The first-order valence-corrected chi connectivity index (χ1v) is 7.33. The van der Waals surface area contributed by atoms with Gasteiger partial charge in [-0.2, -0.15) is 0 Å². The van der Waals surface area contributed by atoms with E-state index in [4.69, 9.17) is 0 Å². The first kappa shape index (κ1) is 14.2. The first-order chi connectivity index (χ1) is 9.08. The molecular weight excluding hydrogens is 244 g/mol. The van der Waals surface area contributed by atoms with Gasteiger partial charge in [-0.15, -0.1) is 0 Å². The van der Waals surface area contributed by atoms with Gasteiger partial charge < -0.3 is 15.3 Å². The molecule has 0 aromatic rings. The van der Waals surface area contributed by atoms with E-state index < -0.39 is 5.97 Å². The number of carboxylic acid groups (broad SMARTS) is 1. The summed E-state index contributed by atoms with van der Waals surface area (Å²) in [6.45, 7) is 4.29. The molecule has 0 bridgehead atoms. The van der Waals surface area contributed by atoms with Crippen molar-refractivity contribution in [3.05, 3.63) is 0 Å². The Labute approximate surface area is 114 Å². The van der Waals surface area contributed by atoms with Gasteiger partial charge in [-0.05, 0) is 31.1 Å². The van der Waals surface area contributed by atoms with Crippen molar-refractivity contribution >= 4 is 12.0 Å². The zero-order valence-electron chi connectivity index (χ0n) is 11.6. The molecule has 0 radical (unpaired) electrons. The minimum Gasteiger partial charge on any atom is -0.481 e. The van der Waals surface area contributed by atoms with Crippen LogP contribution in [0.5, 0.6) is 0 Å². The van der Waals surface area contributed by atoms with Crippen LogP contribution < -0.4 is 5.32 Å². The van der Waals surface area contributed by atoms with E-state index >= 15 is 0 Å². The van der Waals surface area contributed by atoms with Gasteiger partial charge in [-0.3, -0.25) is 4.79 Å². The van der Waals surface area contributed by atoms with Crippen molar-refractivity contribution in [1.82, 2.24) is 10.2 Å². The second kappa shape index (κ2) is 6.26. The lowest BCUT2D eigenvalue weighted by molar-refractivity contribution is -0.144. The molecular formula is C14H24N2O3. The number of hydrogen-bond acceptors (Lipinski definition) is 2. The summed E-state index contributed by atoms with van der Waals surface area (Å²) in [5.41, 5.74) is 0. The van der Waals surface area contributed by atoms with E-state index in [9.17, 15) is 14.7 Å². The molecule has 19 heavy (non-hydrogen) atoms. The summed E-state index contributed by atoms with van der Waals surface area (Å²) < 4.78 is 0. The number of carbonyl (C=O) groups is 2. The zero-order valence-corrected chi connectivity index (χ0v) is 11.6. The van der Waals surface area contributed by atoms with Gasteiger partial charge in [0.05, 0.1) is 5.92 Å². The summed E-state index contributed by atoms with van der Waals surface area (Å²) in [6.07, 6.45) is 4.79. The maximum absolute atomic E-state index is 12.0. The van der Waals surface area contributed by atoms with E-state index in [2.05, 4.69) is 12.2 Å². The van der Waals surface area contributed by atoms with Crippen LogP contribution in [-0.4, -0.2) is 41.6 Å². The molecule has 108 valence electrons. The predicted molar refractivity (Wildman–Crippen MR) is 71.8 cm³/mol. The Morgan fingerprint density at radius 3 is 2.63 bits per heavy atom. The fourth-order valence-electron chi connectivity index (χ4n) is 3.23. The Hall–Kier alpha value is -1.26. The molecule has 0 aromatic heterocycles. The van der Waals surface area contributed by atoms with E-state index in [1.807, 2.05) is 4.90 Å². The molecule has 1 aliphatic heterocycles. The number of likely N-dealkylation sites (tertiary alicyclic amines) is 1. The van der Waals surface area contributed by atoms with Crippen molar-refractivity contribution in [2.45, 2.75) is 39.0 Å². The van der Waals surface area contributed by atoms with Crippen LogP contribution in [0.25, 0.3) is 0 Å². The average molecular weight is 268 g/mol. The van der Waals surface area contributed by atoms with Gasteiger partial charge in [0.25, 0.3) is 0 Å². The molecule has 2 N–H and O–H groups in total. The molecule has 3 atom stereocenters. The molecule has 0 spiro atoms. The van der Waals surface area contributed by atoms with Gasteiger partial charge in [0.2, 0.25) is 0 Å². The summed E-state index contributed by atoms with van der Waals surface area (Å²) in [4.78, 5) is 25.0. The number of amides is 2.